The van der Waals surface area contributed by atoms with Gasteiger partial charge in [0, 0.05) is 12.8 Å². The third kappa shape index (κ3) is 32.9. The van der Waals surface area contributed by atoms with Crippen LogP contribution < -0.4 is 0 Å². The van der Waals surface area contributed by atoms with Crippen molar-refractivity contribution in [1.82, 2.24) is 0 Å². The van der Waals surface area contributed by atoms with E-state index in [4.69, 9.17) is 0 Å². The average molecular weight is 621 g/mol. The summed E-state index contributed by atoms with van der Waals surface area (Å²) >= 11 is 0. The van der Waals surface area contributed by atoms with Gasteiger partial charge in [0.05, 0.1) is 0 Å². The highest BCUT2D eigenvalue weighted by atomic mass is 19.3. The number of rotatable bonds is 35. The van der Waals surface area contributed by atoms with Crippen LogP contribution in [-0.4, -0.2) is 12.9 Å². The van der Waals surface area contributed by atoms with E-state index in [0.717, 1.165) is 43.4 Å². The summed E-state index contributed by atoms with van der Waals surface area (Å²) in [6.07, 6.45) is 31.9. The Morgan fingerprint density at radius 2 is 0.628 bits per heavy atom. The molecule has 43 heavy (non-hydrogen) atoms. The van der Waals surface area contributed by atoms with E-state index in [0.29, 0.717) is 12.8 Å². The Balaban J connectivity index is 4.64. The van der Waals surface area contributed by atoms with Gasteiger partial charge in [0.2, 0.25) is 12.9 Å². The lowest BCUT2D eigenvalue weighted by Gasteiger charge is -2.24. The smallest absolute Gasteiger partial charge is 0.211 e. The Morgan fingerprint density at radius 3 is 0.977 bits per heavy atom. The summed E-state index contributed by atoms with van der Waals surface area (Å²) in [5, 5.41) is 0. The van der Waals surface area contributed by atoms with Gasteiger partial charge in [-0.15, -0.1) is 0 Å². The molecule has 0 saturated carbocycles. The Kier molecular flexibility index (Phi) is 32.9. The highest BCUT2D eigenvalue weighted by Crippen LogP contribution is 2.31. The molecule has 0 fully saturated rings. The minimum Gasteiger partial charge on any atom is -0.211 e. The predicted molar refractivity (Wildman–Crippen MR) is 183 cm³/mol. The monoisotopic (exact) mass is 621 g/mol. The number of halogens is 4. The molecule has 0 aliphatic rings. The van der Waals surface area contributed by atoms with Crippen LogP contribution >= 0.6 is 0 Å². The van der Waals surface area contributed by atoms with Crippen LogP contribution in [0.3, 0.4) is 0 Å². The topological polar surface area (TPSA) is 0 Å². The van der Waals surface area contributed by atoms with Gasteiger partial charge in [0.25, 0.3) is 0 Å². The van der Waals surface area contributed by atoms with E-state index in [9.17, 15) is 17.6 Å². The third-order valence-corrected chi connectivity index (χ3v) is 9.80. The highest BCUT2D eigenvalue weighted by molar-refractivity contribution is 4.69. The maximum atomic E-state index is 12.5. The van der Waals surface area contributed by atoms with Crippen LogP contribution in [0.4, 0.5) is 17.6 Å². The van der Waals surface area contributed by atoms with Crippen molar-refractivity contribution >= 4 is 0 Å². The van der Waals surface area contributed by atoms with E-state index < -0.39 is 12.9 Å². The van der Waals surface area contributed by atoms with E-state index in [-0.39, 0.29) is 12.8 Å². The van der Waals surface area contributed by atoms with Crippen LogP contribution in [0.5, 0.6) is 0 Å². The Labute approximate surface area is 267 Å². The number of alkyl halides is 4. The van der Waals surface area contributed by atoms with E-state index >= 15 is 0 Å². The first-order valence-electron chi connectivity index (χ1n) is 19.4. The molecular weight excluding hydrogens is 544 g/mol. The first-order chi connectivity index (χ1) is 20.9. The fourth-order valence-electron chi connectivity index (χ4n) is 6.97. The van der Waals surface area contributed by atoms with Crippen molar-refractivity contribution in [3.8, 4) is 0 Å². The molecule has 0 saturated heterocycles. The van der Waals surface area contributed by atoms with Crippen molar-refractivity contribution < 1.29 is 17.6 Å². The molecule has 0 spiro atoms. The van der Waals surface area contributed by atoms with Gasteiger partial charge in [0.15, 0.2) is 0 Å². The molecule has 0 heterocycles. The molecule has 0 N–H and O–H groups in total. The molecule has 0 aromatic heterocycles. The molecule has 4 heteroatoms. The summed E-state index contributed by atoms with van der Waals surface area (Å²) in [7, 11) is 0. The van der Waals surface area contributed by atoms with Crippen LogP contribution in [0, 0.1) is 17.8 Å². The summed E-state index contributed by atoms with van der Waals surface area (Å²) in [5.74, 6) is 2.33. The van der Waals surface area contributed by atoms with Gasteiger partial charge in [-0.2, -0.15) is 0 Å². The Hall–Kier alpha value is -0.280. The molecule has 0 radical (unpaired) electrons. The van der Waals surface area contributed by atoms with Crippen LogP contribution in [0.25, 0.3) is 0 Å². The molecule has 0 nitrogen and oxygen atoms in total. The van der Waals surface area contributed by atoms with Crippen molar-refractivity contribution in [2.75, 3.05) is 0 Å². The van der Waals surface area contributed by atoms with E-state index in [1.165, 1.54) is 148 Å². The second kappa shape index (κ2) is 33.1. The Morgan fingerprint density at radius 1 is 0.326 bits per heavy atom. The number of hydrogen-bond donors (Lipinski definition) is 0. The van der Waals surface area contributed by atoms with E-state index in [2.05, 4.69) is 20.8 Å². The largest absolute Gasteiger partial charge is 0.238 e. The standard InChI is InChI=1S/C39H76F4/c1-4-6-8-10-12-14-20-26-36(27-21-16-18-24-30-38(40)41)33-32-35(3)34-37(28-22-15-13-11-9-7-5-2)29-23-17-19-25-31-39(42)43/h35-39H,4-34H2,1-3H3. The minimum absolute atomic E-state index is 0.0637. The summed E-state index contributed by atoms with van der Waals surface area (Å²) in [5.41, 5.74) is 0. The molecule has 260 valence electrons. The molecule has 3 unspecified atom stereocenters. The zero-order valence-corrected chi connectivity index (χ0v) is 29.3. The normalized spacial score (nSPS) is 14.2. The van der Waals surface area contributed by atoms with E-state index in [1.807, 2.05) is 0 Å². The van der Waals surface area contributed by atoms with Crippen molar-refractivity contribution in [2.45, 2.75) is 233 Å². The molecule has 0 amide bonds. The molecule has 0 rings (SSSR count). The van der Waals surface area contributed by atoms with Gasteiger partial charge in [0.1, 0.15) is 0 Å². The summed E-state index contributed by atoms with van der Waals surface area (Å²) in [4.78, 5) is 0. The first-order valence-corrected chi connectivity index (χ1v) is 19.4. The van der Waals surface area contributed by atoms with Gasteiger partial charge in [-0.3, -0.25) is 0 Å². The molecule has 3 atom stereocenters. The SMILES string of the molecule is CCCCCCCCCC(CCCCCCC(F)F)CCC(C)CC(CCCCCCCCC)CCCCCCC(F)F. The van der Waals surface area contributed by atoms with Crippen LogP contribution in [0.1, 0.15) is 220 Å². The summed E-state index contributed by atoms with van der Waals surface area (Å²) < 4.78 is 49.9. The fraction of sp³-hybridized carbons (Fsp3) is 1.00. The van der Waals surface area contributed by atoms with Crippen molar-refractivity contribution in [3.05, 3.63) is 0 Å². The van der Waals surface area contributed by atoms with Gasteiger partial charge in [-0.25, -0.2) is 17.6 Å². The zero-order valence-electron chi connectivity index (χ0n) is 29.3. The maximum Gasteiger partial charge on any atom is 0.238 e. The number of unbranched alkanes of at least 4 members (excludes halogenated alkanes) is 18. The lowest BCUT2D eigenvalue weighted by Crippen LogP contribution is -2.10. The molecular formula is C39H76F4. The number of hydrogen-bond acceptors (Lipinski definition) is 0. The molecule has 0 bridgehead atoms. The molecule has 0 aliphatic carbocycles. The van der Waals surface area contributed by atoms with Gasteiger partial charge in [-0.05, 0) is 37.0 Å². The molecule has 0 aromatic carbocycles. The third-order valence-electron chi connectivity index (χ3n) is 9.80. The van der Waals surface area contributed by atoms with Gasteiger partial charge in [-0.1, -0.05) is 188 Å². The van der Waals surface area contributed by atoms with Gasteiger partial charge >= 0.3 is 0 Å². The van der Waals surface area contributed by atoms with Gasteiger partial charge < -0.3 is 0 Å². The Bertz CT molecular complexity index is 523. The quantitative estimate of drug-likeness (QED) is 0.0488. The highest BCUT2D eigenvalue weighted by Gasteiger charge is 2.16. The second-order valence-corrected chi connectivity index (χ2v) is 14.2. The molecule has 0 aromatic rings. The fourth-order valence-corrected chi connectivity index (χ4v) is 6.97. The first kappa shape index (κ1) is 42.7. The zero-order chi connectivity index (χ0) is 31.8. The lowest BCUT2D eigenvalue weighted by atomic mass is 9.82. The van der Waals surface area contributed by atoms with Crippen molar-refractivity contribution in [3.63, 3.8) is 0 Å². The van der Waals surface area contributed by atoms with Crippen LogP contribution in [-0.2, 0) is 0 Å². The maximum absolute atomic E-state index is 12.5. The summed E-state index contributed by atoms with van der Waals surface area (Å²) in [6.45, 7) is 7.02. The summed E-state index contributed by atoms with van der Waals surface area (Å²) in [6, 6.07) is 0. The van der Waals surface area contributed by atoms with E-state index in [1.54, 1.807) is 0 Å². The average Bonchev–Trinajstić information content (AvgIpc) is 2.97. The van der Waals surface area contributed by atoms with Crippen molar-refractivity contribution in [2.24, 2.45) is 17.8 Å². The molecule has 0 aliphatic heterocycles. The predicted octanol–water partition coefficient (Wildman–Crippen LogP) is 15.5. The minimum atomic E-state index is -2.15. The van der Waals surface area contributed by atoms with Crippen LogP contribution in [0.15, 0.2) is 0 Å². The lowest BCUT2D eigenvalue weighted by molar-refractivity contribution is 0.133. The van der Waals surface area contributed by atoms with Crippen LogP contribution in [0.2, 0.25) is 0 Å². The second-order valence-electron chi connectivity index (χ2n) is 14.2. The van der Waals surface area contributed by atoms with Crippen molar-refractivity contribution in [1.29, 1.82) is 0 Å².